The predicted molar refractivity (Wildman–Crippen MR) is 111 cm³/mol. The molecule has 3 rings (SSSR count). The molecule has 0 saturated carbocycles. The van der Waals surface area contributed by atoms with Crippen LogP contribution in [0.2, 0.25) is 0 Å². The van der Waals surface area contributed by atoms with E-state index < -0.39 is 0 Å². The Balaban J connectivity index is 0.00000176. The van der Waals surface area contributed by atoms with Gasteiger partial charge in [0.2, 0.25) is 0 Å². The number of fused-ring (bicyclic) bond motifs is 1. The van der Waals surface area contributed by atoms with Gasteiger partial charge in [0.1, 0.15) is 5.00 Å². The summed E-state index contributed by atoms with van der Waals surface area (Å²) in [5, 5.41) is 2.65. The molecule has 1 aliphatic rings. The highest BCUT2D eigenvalue weighted by molar-refractivity contribution is 14.0. The Kier molecular flexibility index (Phi) is 6.11. The van der Waals surface area contributed by atoms with Crippen LogP contribution in [0.15, 0.2) is 51.3 Å². The molecule has 2 aromatic rings. The minimum Gasteiger partial charge on any atom is -0.327 e. The number of hydrogen-bond acceptors (Lipinski definition) is 4. The lowest BCUT2D eigenvalue weighted by Crippen LogP contribution is -2.15. The Hall–Kier alpha value is -0.790. The van der Waals surface area contributed by atoms with Gasteiger partial charge in [-0.25, -0.2) is 0 Å². The van der Waals surface area contributed by atoms with E-state index >= 15 is 0 Å². The van der Waals surface area contributed by atoms with E-state index in [1.54, 1.807) is 0 Å². The molecule has 0 bridgehead atoms. The fraction of sp³-hybridized carbons (Fsp3) is 0.235. The van der Waals surface area contributed by atoms with Crippen molar-refractivity contribution in [3.63, 3.8) is 0 Å². The SMILES string of the molecule is CCN1C(=CC=Nc2ccccc2)Sc2c1sc(C)c2C.I. The van der Waals surface area contributed by atoms with Crippen molar-refractivity contribution < 1.29 is 0 Å². The lowest BCUT2D eigenvalue weighted by molar-refractivity contribution is 1.02. The molecule has 0 fully saturated rings. The van der Waals surface area contributed by atoms with Crippen molar-refractivity contribution in [2.75, 3.05) is 11.4 Å². The second-order valence-corrected chi connectivity index (χ2v) is 7.12. The predicted octanol–water partition coefficient (Wildman–Crippen LogP) is 6.16. The number of anilines is 1. The maximum Gasteiger partial charge on any atom is 0.111 e. The minimum absolute atomic E-state index is 0. The summed E-state index contributed by atoms with van der Waals surface area (Å²) >= 11 is 3.75. The first-order valence-corrected chi connectivity index (χ1v) is 8.68. The van der Waals surface area contributed by atoms with Crippen LogP contribution in [0.4, 0.5) is 10.7 Å². The van der Waals surface area contributed by atoms with Crippen LogP contribution in [0.25, 0.3) is 0 Å². The van der Waals surface area contributed by atoms with Gasteiger partial charge in [-0.1, -0.05) is 30.0 Å². The fourth-order valence-corrected chi connectivity index (χ4v) is 4.94. The monoisotopic (exact) mass is 442 g/mol. The maximum atomic E-state index is 4.49. The van der Waals surface area contributed by atoms with E-state index in [2.05, 4.69) is 36.7 Å². The number of nitrogens with zero attached hydrogens (tertiary/aromatic N) is 2. The van der Waals surface area contributed by atoms with Crippen molar-refractivity contribution in [1.29, 1.82) is 0 Å². The average Bonchev–Trinajstić information content (AvgIpc) is 2.97. The molecule has 2 heterocycles. The number of para-hydroxylation sites is 1. The van der Waals surface area contributed by atoms with Gasteiger partial charge in [-0.2, -0.15) is 0 Å². The lowest BCUT2D eigenvalue weighted by Gasteiger charge is -2.16. The van der Waals surface area contributed by atoms with Crippen LogP contribution in [-0.4, -0.2) is 12.8 Å². The number of halogens is 1. The Bertz CT molecular complexity index is 705. The van der Waals surface area contributed by atoms with E-state index in [4.69, 9.17) is 0 Å². The van der Waals surface area contributed by atoms with E-state index in [0.717, 1.165) is 12.2 Å². The molecule has 116 valence electrons. The van der Waals surface area contributed by atoms with Gasteiger partial charge >= 0.3 is 0 Å². The second kappa shape index (κ2) is 7.66. The standard InChI is InChI=1S/C17H18N2S2.HI/c1-4-19-15(10-11-18-14-8-6-5-7-9-14)21-16-12(2)13(3)20-17(16)19;/h5-11H,4H2,1-3H3;1H. The Labute approximate surface area is 157 Å². The summed E-state index contributed by atoms with van der Waals surface area (Å²) in [6.07, 6.45) is 4.02. The highest BCUT2D eigenvalue weighted by atomic mass is 127. The van der Waals surface area contributed by atoms with Crippen LogP contribution < -0.4 is 4.90 Å². The second-order valence-electron chi connectivity index (χ2n) is 4.88. The highest BCUT2D eigenvalue weighted by Crippen LogP contribution is 2.52. The average molecular weight is 442 g/mol. The molecule has 0 radical (unpaired) electrons. The van der Waals surface area contributed by atoms with Crippen molar-refractivity contribution in [2.24, 2.45) is 4.99 Å². The zero-order valence-electron chi connectivity index (χ0n) is 12.9. The number of thiophene rings is 1. The molecule has 2 nitrogen and oxygen atoms in total. The number of benzene rings is 1. The largest absolute Gasteiger partial charge is 0.327 e. The number of aliphatic imine (C=N–C) groups is 1. The van der Waals surface area contributed by atoms with Gasteiger partial charge in [-0.3, -0.25) is 4.99 Å². The maximum absolute atomic E-state index is 4.49. The van der Waals surface area contributed by atoms with Crippen molar-refractivity contribution >= 4 is 64.0 Å². The summed E-state index contributed by atoms with van der Waals surface area (Å²) < 4.78 is 0. The van der Waals surface area contributed by atoms with Crippen LogP contribution in [0, 0.1) is 13.8 Å². The van der Waals surface area contributed by atoms with Crippen LogP contribution in [0.3, 0.4) is 0 Å². The van der Waals surface area contributed by atoms with Gasteiger partial charge in [0.05, 0.1) is 15.6 Å². The molecule has 0 saturated heterocycles. The van der Waals surface area contributed by atoms with E-state index in [1.165, 1.54) is 25.4 Å². The quantitative estimate of drug-likeness (QED) is 0.418. The summed E-state index contributed by atoms with van der Waals surface area (Å²) in [5.74, 6) is 0. The molecule has 1 aromatic heterocycles. The van der Waals surface area contributed by atoms with Gasteiger partial charge < -0.3 is 4.90 Å². The molecule has 22 heavy (non-hydrogen) atoms. The van der Waals surface area contributed by atoms with E-state index in [1.807, 2.05) is 59.6 Å². The Morgan fingerprint density at radius 2 is 1.91 bits per heavy atom. The summed E-state index contributed by atoms with van der Waals surface area (Å²) in [5.41, 5.74) is 2.41. The Morgan fingerprint density at radius 1 is 1.18 bits per heavy atom. The molecule has 5 heteroatoms. The summed E-state index contributed by atoms with van der Waals surface area (Å²) in [6.45, 7) is 7.60. The van der Waals surface area contributed by atoms with Gasteiger partial charge in [-0.15, -0.1) is 35.3 Å². The number of allylic oxidation sites excluding steroid dienone is 1. The molecule has 0 spiro atoms. The summed E-state index contributed by atoms with van der Waals surface area (Å²) in [4.78, 5) is 9.70. The summed E-state index contributed by atoms with van der Waals surface area (Å²) in [7, 11) is 0. The molecule has 0 unspecified atom stereocenters. The number of thioether (sulfide) groups is 1. The van der Waals surface area contributed by atoms with Crippen LogP contribution in [-0.2, 0) is 0 Å². The first kappa shape index (κ1) is 17.6. The summed E-state index contributed by atoms with van der Waals surface area (Å²) in [6, 6.07) is 10.0. The Morgan fingerprint density at radius 3 is 2.59 bits per heavy atom. The molecular formula is C17H19IN2S2. The first-order chi connectivity index (χ1) is 10.2. The van der Waals surface area contributed by atoms with Gasteiger partial charge in [0.25, 0.3) is 0 Å². The normalized spacial score (nSPS) is 15.4. The molecule has 0 aliphatic carbocycles. The van der Waals surface area contributed by atoms with Crippen LogP contribution >= 0.6 is 47.1 Å². The molecular weight excluding hydrogens is 423 g/mol. The molecule has 1 aromatic carbocycles. The van der Waals surface area contributed by atoms with Crippen molar-refractivity contribution in [2.45, 2.75) is 25.7 Å². The lowest BCUT2D eigenvalue weighted by atomic mass is 10.3. The van der Waals surface area contributed by atoms with Gasteiger partial charge in [0, 0.05) is 17.6 Å². The molecule has 0 amide bonds. The third-order valence-corrected chi connectivity index (χ3v) is 6.17. The van der Waals surface area contributed by atoms with E-state index in [9.17, 15) is 0 Å². The van der Waals surface area contributed by atoms with Crippen molar-refractivity contribution in [3.8, 4) is 0 Å². The van der Waals surface area contributed by atoms with E-state index in [0.29, 0.717) is 0 Å². The number of rotatable bonds is 3. The van der Waals surface area contributed by atoms with Crippen molar-refractivity contribution in [3.05, 3.63) is 51.9 Å². The fourth-order valence-electron chi connectivity index (χ4n) is 2.27. The smallest absolute Gasteiger partial charge is 0.111 e. The van der Waals surface area contributed by atoms with Gasteiger partial charge in [0.15, 0.2) is 0 Å². The third kappa shape index (κ3) is 3.41. The van der Waals surface area contributed by atoms with Crippen molar-refractivity contribution in [1.82, 2.24) is 0 Å². The number of aryl methyl sites for hydroxylation is 1. The van der Waals surface area contributed by atoms with Gasteiger partial charge in [-0.05, 0) is 44.5 Å². The third-order valence-electron chi connectivity index (χ3n) is 3.54. The topological polar surface area (TPSA) is 15.6 Å². The van der Waals surface area contributed by atoms with E-state index in [-0.39, 0.29) is 24.0 Å². The zero-order valence-corrected chi connectivity index (χ0v) is 16.8. The minimum atomic E-state index is 0. The van der Waals surface area contributed by atoms with Crippen LogP contribution in [0.1, 0.15) is 17.4 Å². The molecule has 0 atom stereocenters. The molecule has 0 N–H and O–H groups in total. The first-order valence-electron chi connectivity index (χ1n) is 7.05. The molecule has 1 aliphatic heterocycles. The zero-order chi connectivity index (χ0) is 14.8. The number of hydrogen-bond donors (Lipinski definition) is 0. The van der Waals surface area contributed by atoms with Crippen LogP contribution in [0.5, 0.6) is 0 Å². The highest BCUT2D eigenvalue weighted by Gasteiger charge is 2.28.